The number of ether oxygens (including phenoxy) is 1. The Hall–Kier alpha value is -0.840. The number of likely N-dealkylation sites (N-methyl/N-ethyl adjacent to an activating group) is 1. The van der Waals surface area contributed by atoms with Gasteiger partial charge in [0, 0.05) is 31.2 Å². The summed E-state index contributed by atoms with van der Waals surface area (Å²) in [5, 5.41) is 3.45. The lowest BCUT2D eigenvalue weighted by molar-refractivity contribution is 0.0644. The number of furan rings is 1. The number of hydrogen-bond donors (Lipinski definition) is 1. The van der Waals surface area contributed by atoms with Gasteiger partial charge in [-0.05, 0) is 20.0 Å². The predicted molar refractivity (Wildman–Crippen MR) is 62.4 cm³/mol. The van der Waals surface area contributed by atoms with Crippen molar-refractivity contribution >= 4 is 0 Å². The van der Waals surface area contributed by atoms with E-state index in [-0.39, 0.29) is 0 Å². The highest BCUT2D eigenvalue weighted by Gasteiger charge is 2.15. The monoisotopic (exact) mass is 224 g/mol. The average molecular weight is 224 g/mol. The van der Waals surface area contributed by atoms with E-state index in [2.05, 4.69) is 17.3 Å². The summed E-state index contributed by atoms with van der Waals surface area (Å²) in [4.78, 5) is 2.30. The molecule has 0 radical (unpaired) electrons. The summed E-state index contributed by atoms with van der Waals surface area (Å²) in [5.41, 5.74) is 1.26. The van der Waals surface area contributed by atoms with Gasteiger partial charge in [-0.15, -0.1) is 0 Å². The molecule has 4 heteroatoms. The van der Waals surface area contributed by atoms with E-state index in [9.17, 15) is 0 Å². The summed E-state index contributed by atoms with van der Waals surface area (Å²) in [6.07, 6.45) is 1.75. The van der Waals surface area contributed by atoms with Crippen LogP contribution in [0, 0.1) is 6.92 Å². The standard InChI is InChI=1S/C12H20N2O2/c1-10-11(3-5-16-10)7-14(2)8-12-9-15-6-4-13-12/h3,5,12-13H,4,6-9H2,1-2H3. The van der Waals surface area contributed by atoms with E-state index >= 15 is 0 Å². The van der Waals surface area contributed by atoms with Crippen molar-refractivity contribution in [3.8, 4) is 0 Å². The Balaban J connectivity index is 1.79. The van der Waals surface area contributed by atoms with Crippen molar-refractivity contribution in [1.82, 2.24) is 10.2 Å². The predicted octanol–water partition coefficient (Wildman–Crippen LogP) is 1.01. The van der Waals surface area contributed by atoms with Crippen molar-refractivity contribution in [1.29, 1.82) is 0 Å². The molecule has 1 aliphatic heterocycles. The molecule has 1 unspecified atom stereocenters. The molecule has 1 atom stereocenters. The summed E-state index contributed by atoms with van der Waals surface area (Å²) in [7, 11) is 2.13. The van der Waals surface area contributed by atoms with Gasteiger partial charge >= 0.3 is 0 Å². The third-order valence-corrected chi connectivity index (χ3v) is 2.94. The van der Waals surface area contributed by atoms with Crippen molar-refractivity contribution in [3.05, 3.63) is 23.7 Å². The molecule has 1 saturated heterocycles. The van der Waals surface area contributed by atoms with E-state index in [0.29, 0.717) is 6.04 Å². The average Bonchev–Trinajstić information content (AvgIpc) is 2.66. The topological polar surface area (TPSA) is 37.6 Å². The molecule has 1 aromatic heterocycles. The highest BCUT2D eigenvalue weighted by Crippen LogP contribution is 2.11. The van der Waals surface area contributed by atoms with E-state index < -0.39 is 0 Å². The molecular weight excluding hydrogens is 204 g/mol. The number of rotatable bonds is 4. The molecule has 0 saturated carbocycles. The minimum Gasteiger partial charge on any atom is -0.469 e. The van der Waals surface area contributed by atoms with E-state index in [1.54, 1.807) is 6.26 Å². The molecule has 1 aromatic rings. The largest absolute Gasteiger partial charge is 0.469 e. The van der Waals surface area contributed by atoms with Crippen LogP contribution in [0.2, 0.25) is 0 Å². The first-order valence-corrected chi connectivity index (χ1v) is 5.78. The zero-order valence-electron chi connectivity index (χ0n) is 10.0. The Kier molecular flexibility index (Phi) is 3.98. The fourth-order valence-electron chi connectivity index (χ4n) is 2.04. The van der Waals surface area contributed by atoms with Crippen molar-refractivity contribution in [2.24, 2.45) is 0 Å². The number of hydrogen-bond acceptors (Lipinski definition) is 4. The molecule has 0 amide bonds. The van der Waals surface area contributed by atoms with Crippen LogP contribution in [0.3, 0.4) is 0 Å². The molecule has 16 heavy (non-hydrogen) atoms. The van der Waals surface area contributed by atoms with Crippen LogP contribution in [0.15, 0.2) is 16.7 Å². The lowest BCUT2D eigenvalue weighted by atomic mass is 10.2. The first kappa shape index (κ1) is 11.6. The molecule has 1 N–H and O–H groups in total. The van der Waals surface area contributed by atoms with E-state index in [4.69, 9.17) is 9.15 Å². The fraction of sp³-hybridized carbons (Fsp3) is 0.667. The van der Waals surface area contributed by atoms with Crippen LogP contribution >= 0.6 is 0 Å². The molecule has 0 aromatic carbocycles. The van der Waals surface area contributed by atoms with Crippen LogP contribution in [0.1, 0.15) is 11.3 Å². The Morgan fingerprint density at radius 3 is 3.06 bits per heavy atom. The van der Waals surface area contributed by atoms with Gasteiger partial charge in [-0.2, -0.15) is 0 Å². The zero-order chi connectivity index (χ0) is 11.4. The lowest BCUT2D eigenvalue weighted by Gasteiger charge is -2.28. The molecule has 2 heterocycles. The summed E-state index contributed by atoms with van der Waals surface area (Å²) in [5.74, 6) is 1.01. The molecule has 0 bridgehead atoms. The van der Waals surface area contributed by atoms with Gasteiger partial charge in [0.05, 0.1) is 19.5 Å². The summed E-state index contributed by atoms with van der Waals surface area (Å²) >= 11 is 0. The van der Waals surface area contributed by atoms with Crippen LogP contribution in [0.25, 0.3) is 0 Å². The fourth-order valence-corrected chi connectivity index (χ4v) is 2.04. The third kappa shape index (κ3) is 3.07. The molecule has 4 nitrogen and oxygen atoms in total. The summed E-state index contributed by atoms with van der Waals surface area (Å²) < 4.78 is 10.7. The smallest absolute Gasteiger partial charge is 0.105 e. The molecule has 90 valence electrons. The van der Waals surface area contributed by atoms with Crippen LogP contribution in [-0.2, 0) is 11.3 Å². The van der Waals surface area contributed by atoms with Gasteiger partial charge in [0.25, 0.3) is 0 Å². The number of nitrogens with zero attached hydrogens (tertiary/aromatic N) is 1. The number of nitrogens with one attached hydrogen (secondary N) is 1. The first-order valence-electron chi connectivity index (χ1n) is 5.78. The van der Waals surface area contributed by atoms with Crippen molar-refractivity contribution < 1.29 is 9.15 Å². The Bertz CT molecular complexity index is 319. The highest BCUT2D eigenvalue weighted by atomic mass is 16.5. The maximum absolute atomic E-state index is 5.43. The van der Waals surface area contributed by atoms with Gasteiger partial charge < -0.3 is 19.4 Å². The Morgan fingerprint density at radius 1 is 1.56 bits per heavy atom. The molecule has 0 aliphatic carbocycles. The maximum atomic E-state index is 5.43. The second-order valence-corrected chi connectivity index (χ2v) is 4.42. The normalized spacial score (nSPS) is 21.6. The third-order valence-electron chi connectivity index (χ3n) is 2.94. The molecular formula is C12H20N2O2. The number of aryl methyl sites for hydroxylation is 1. The Morgan fingerprint density at radius 2 is 2.44 bits per heavy atom. The van der Waals surface area contributed by atoms with Gasteiger partial charge in [0.1, 0.15) is 5.76 Å². The van der Waals surface area contributed by atoms with Crippen LogP contribution < -0.4 is 5.32 Å². The Labute approximate surface area is 96.6 Å². The van der Waals surface area contributed by atoms with Gasteiger partial charge in [-0.1, -0.05) is 0 Å². The lowest BCUT2D eigenvalue weighted by Crippen LogP contribution is -2.47. The van der Waals surface area contributed by atoms with Crippen LogP contribution in [0.5, 0.6) is 0 Å². The molecule has 1 aliphatic rings. The quantitative estimate of drug-likeness (QED) is 0.828. The van der Waals surface area contributed by atoms with Gasteiger partial charge in [-0.25, -0.2) is 0 Å². The summed E-state index contributed by atoms with van der Waals surface area (Å²) in [6, 6.07) is 2.49. The minimum atomic E-state index is 0.450. The van der Waals surface area contributed by atoms with E-state index in [1.165, 1.54) is 5.56 Å². The zero-order valence-corrected chi connectivity index (χ0v) is 10.0. The first-order chi connectivity index (χ1) is 7.75. The minimum absolute atomic E-state index is 0.450. The molecule has 0 spiro atoms. The maximum Gasteiger partial charge on any atom is 0.105 e. The van der Waals surface area contributed by atoms with Crippen molar-refractivity contribution in [2.45, 2.75) is 19.5 Å². The summed E-state index contributed by atoms with van der Waals surface area (Å²) in [6.45, 7) is 6.55. The molecule has 2 rings (SSSR count). The van der Waals surface area contributed by atoms with Gasteiger partial charge in [0.15, 0.2) is 0 Å². The number of morpholine rings is 1. The second-order valence-electron chi connectivity index (χ2n) is 4.42. The second kappa shape index (κ2) is 5.48. The van der Waals surface area contributed by atoms with Crippen LogP contribution in [-0.4, -0.2) is 44.3 Å². The van der Waals surface area contributed by atoms with Crippen molar-refractivity contribution in [3.63, 3.8) is 0 Å². The highest BCUT2D eigenvalue weighted by molar-refractivity contribution is 5.15. The molecule has 1 fully saturated rings. The van der Waals surface area contributed by atoms with Crippen LogP contribution in [0.4, 0.5) is 0 Å². The van der Waals surface area contributed by atoms with Crippen molar-refractivity contribution in [2.75, 3.05) is 33.4 Å². The van der Waals surface area contributed by atoms with E-state index in [1.807, 2.05) is 13.0 Å². The van der Waals surface area contributed by atoms with E-state index in [0.717, 1.165) is 38.6 Å². The van der Waals surface area contributed by atoms with Gasteiger partial charge in [-0.3, -0.25) is 0 Å². The SMILES string of the molecule is Cc1occc1CN(C)CC1COCCN1. The van der Waals surface area contributed by atoms with Gasteiger partial charge in [0.2, 0.25) is 0 Å².